The molecule has 1 unspecified atom stereocenters. The van der Waals surface area contributed by atoms with Crippen molar-refractivity contribution in [3.8, 4) is 0 Å². The van der Waals surface area contributed by atoms with Crippen LogP contribution in [0.15, 0.2) is 30.3 Å². The molecular weight excluding hydrogens is 258 g/mol. The topological polar surface area (TPSA) is 29.1 Å². The molecule has 0 aromatic heterocycles. The maximum absolute atomic E-state index is 12.1. The Morgan fingerprint density at radius 1 is 1.26 bits per heavy atom. The molecular formula is C16H22ClNO. The fraction of sp³-hybridized carbons (Fsp3) is 0.562. The summed E-state index contributed by atoms with van der Waals surface area (Å²) in [5.41, 5.74) is 1.07. The number of hydrogen-bond acceptors (Lipinski definition) is 1. The van der Waals surface area contributed by atoms with Crippen LogP contribution >= 0.6 is 11.6 Å². The summed E-state index contributed by atoms with van der Waals surface area (Å²) in [6.45, 7) is 2.75. The minimum absolute atomic E-state index is 0.0782. The molecule has 1 aromatic rings. The summed E-state index contributed by atoms with van der Waals surface area (Å²) >= 11 is 6.09. The Hall–Kier alpha value is -1.02. The number of nitrogens with one attached hydrogen (secondary N) is 1. The van der Waals surface area contributed by atoms with Gasteiger partial charge in [0.15, 0.2) is 0 Å². The van der Waals surface area contributed by atoms with E-state index in [2.05, 4.69) is 5.32 Å². The first-order chi connectivity index (χ1) is 9.16. The van der Waals surface area contributed by atoms with Crippen LogP contribution < -0.4 is 5.32 Å². The average Bonchev–Trinajstić information content (AvgIpc) is 2.46. The van der Waals surface area contributed by atoms with Gasteiger partial charge in [0.05, 0.1) is 5.92 Å². The van der Waals surface area contributed by atoms with E-state index in [0.717, 1.165) is 37.8 Å². The van der Waals surface area contributed by atoms with Crippen LogP contribution in [0.5, 0.6) is 0 Å². The Balaban J connectivity index is 1.78. The lowest BCUT2D eigenvalue weighted by Crippen LogP contribution is -2.34. The number of carbonyl (C=O) groups excluding carboxylic acids is 1. The molecule has 1 N–H and O–H groups in total. The van der Waals surface area contributed by atoms with E-state index in [4.69, 9.17) is 11.6 Å². The summed E-state index contributed by atoms with van der Waals surface area (Å²) in [5, 5.41) is 3.43. The second-order valence-electron chi connectivity index (χ2n) is 5.50. The predicted octanol–water partition coefficient (Wildman–Crippen LogP) is 3.70. The second kappa shape index (κ2) is 6.95. The fourth-order valence-corrected chi connectivity index (χ4v) is 2.87. The van der Waals surface area contributed by atoms with Crippen LogP contribution in [0.3, 0.4) is 0 Å². The molecule has 3 heteroatoms. The largest absolute Gasteiger partial charge is 0.355 e. The highest BCUT2D eigenvalue weighted by atomic mass is 35.5. The van der Waals surface area contributed by atoms with Crippen molar-refractivity contribution in [1.29, 1.82) is 0 Å². The number of benzene rings is 1. The van der Waals surface area contributed by atoms with Gasteiger partial charge in [-0.15, -0.1) is 11.6 Å². The molecule has 0 radical (unpaired) electrons. The van der Waals surface area contributed by atoms with Gasteiger partial charge < -0.3 is 5.32 Å². The fourth-order valence-electron chi connectivity index (χ4n) is 2.62. The van der Waals surface area contributed by atoms with E-state index >= 15 is 0 Å². The van der Waals surface area contributed by atoms with Crippen molar-refractivity contribution < 1.29 is 4.79 Å². The summed E-state index contributed by atoms with van der Waals surface area (Å²) in [4.78, 5) is 12.1. The summed E-state index contributed by atoms with van der Waals surface area (Å²) in [6.07, 6.45) is 4.43. The summed E-state index contributed by atoms with van der Waals surface area (Å²) in [7, 11) is 0. The third-order valence-electron chi connectivity index (χ3n) is 4.03. The van der Waals surface area contributed by atoms with Gasteiger partial charge in [-0.1, -0.05) is 30.3 Å². The molecule has 0 heterocycles. The van der Waals surface area contributed by atoms with Crippen molar-refractivity contribution in [1.82, 2.24) is 5.32 Å². The van der Waals surface area contributed by atoms with Crippen LogP contribution in [0.2, 0.25) is 0 Å². The van der Waals surface area contributed by atoms with Gasteiger partial charge in [-0.25, -0.2) is 0 Å². The number of rotatable bonds is 4. The zero-order valence-corrected chi connectivity index (χ0v) is 12.2. The molecule has 2 rings (SSSR count). The minimum atomic E-state index is -0.0782. The molecule has 0 aliphatic heterocycles. The zero-order valence-electron chi connectivity index (χ0n) is 11.4. The molecule has 1 aliphatic rings. The van der Waals surface area contributed by atoms with Gasteiger partial charge in [0.25, 0.3) is 0 Å². The molecule has 1 atom stereocenters. The van der Waals surface area contributed by atoms with Gasteiger partial charge in [-0.05, 0) is 44.1 Å². The lowest BCUT2D eigenvalue weighted by atomic mass is 9.88. The number of halogens is 1. The van der Waals surface area contributed by atoms with Crippen molar-refractivity contribution in [3.05, 3.63) is 35.9 Å². The van der Waals surface area contributed by atoms with Crippen molar-refractivity contribution in [2.75, 3.05) is 6.54 Å². The van der Waals surface area contributed by atoms with Gasteiger partial charge in [0.2, 0.25) is 5.91 Å². The van der Waals surface area contributed by atoms with Gasteiger partial charge in [-0.2, -0.15) is 0 Å². The summed E-state index contributed by atoms with van der Waals surface area (Å²) < 4.78 is 0. The highest BCUT2D eigenvalue weighted by molar-refractivity contribution is 6.20. The van der Waals surface area contributed by atoms with E-state index in [1.54, 1.807) is 0 Å². The first-order valence-corrected chi connectivity index (χ1v) is 7.57. The number of amides is 1. The molecule has 1 saturated carbocycles. The molecule has 1 fully saturated rings. The zero-order chi connectivity index (χ0) is 13.7. The van der Waals surface area contributed by atoms with Crippen LogP contribution in [0.4, 0.5) is 0 Å². The van der Waals surface area contributed by atoms with Crippen LogP contribution in [0, 0.1) is 5.92 Å². The average molecular weight is 280 g/mol. The highest BCUT2D eigenvalue weighted by Crippen LogP contribution is 2.27. The van der Waals surface area contributed by atoms with Crippen molar-refractivity contribution >= 4 is 17.5 Å². The SMILES string of the molecule is CC(C(=O)NCC1CCC(Cl)CC1)c1ccccc1. The Morgan fingerprint density at radius 2 is 1.89 bits per heavy atom. The quantitative estimate of drug-likeness (QED) is 0.837. The lowest BCUT2D eigenvalue weighted by molar-refractivity contribution is -0.122. The predicted molar refractivity (Wildman–Crippen MR) is 79.5 cm³/mol. The van der Waals surface area contributed by atoms with E-state index in [0.29, 0.717) is 11.3 Å². The van der Waals surface area contributed by atoms with Crippen LogP contribution in [0.25, 0.3) is 0 Å². The second-order valence-corrected chi connectivity index (χ2v) is 6.11. The molecule has 1 amide bonds. The third kappa shape index (κ3) is 4.24. The molecule has 1 aromatic carbocycles. The highest BCUT2D eigenvalue weighted by Gasteiger charge is 2.21. The Kier molecular flexibility index (Phi) is 5.26. The van der Waals surface area contributed by atoms with E-state index in [-0.39, 0.29) is 11.8 Å². The van der Waals surface area contributed by atoms with Crippen LogP contribution in [0.1, 0.15) is 44.1 Å². The van der Waals surface area contributed by atoms with E-state index in [9.17, 15) is 4.79 Å². The molecule has 0 bridgehead atoms. The monoisotopic (exact) mass is 279 g/mol. The minimum Gasteiger partial charge on any atom is -0.355 e. The molecule has 0 saturated heterocycles. The van der Waals surface area contributed by atoms with Gasteiger partial charge in [0, 0.05) is 11.9 Å². The van der Waals surface area contributed by atoms with Gasteiger partial charge >= 0.3 is 0 Å². The smallest absolute Gasteiger partial charge is 0.227 e. The third-order valence-corrected chi connectivity index (χ3v) is 4.47. The maximum Gasteiger partial charge on any atom is 0.227 e. The normalized spacial score (nSPS) is 24.7. The van der Waals surface area contributed by atoms with Gasteiger partial charge in [0.1, 0.15) is 0 Å². The van der Waals surface area contributed by atoms with Crippen LogP contribution in [-0.2, 0) is 4.79 Å². The first kappa shape index (κ1) is 14.4. The summed E-state index contributed by atoms with van der Waals surface area (Å²) in [6, 6.07) is 9.92. The van der Waals surface area contributed by atoms with Crippen LogP contribution in [-0.4, -0.2) is 17.8 Å². The van der Waals surface area contributed by atoms with E-state index in [1.807, 2.05) is 37.3 Å². The molecule has 2 nitrogen and oxygen atoms in total. The standard InChI is InChI=1S/C16H22ClNO/c1-12(14-5-3-2-4-6-14)16(19)18-11-13-7-9-15(17)10-8-13/h2-6,12-13,15H,7-11H2,1H3,(H,18,19). The number of carbonyl (C=O) groups is 1. The van der Waals surface area contributed by atoms with Crippen molar-refractivity contribution in [2.45, 2.75) is 43.9 Å². The Labute approximate surface area is 120 Å². The number of alkyl halides is 1. The van der Waals surface area contributed by atoms with E-state index in [1.165, 1.54) is 0 Å². The molecule has 19 heavy (non-hydrogen) atoms. The van der Waals surface area contributed by atoms with Crippen molar-refractivity contribution in [3.63, 3.8) is 0 Å². The first-order valence-electron chi connectivity index (χ1n) is 7.13. The Bertz CT molecular complexity index is 398. The summed E-state index contributed by atoms with van der Waals surface area (Å²) in [5.74, 6) is 0.645. The van der Waals surface area contributed by atoms with Gasteiger partial charge in [-0.3, -0.25) is 4.79 Å². The molecule has 0 spiro atoms. The maximum atomic E-state index is 12.1. The van der Waals surface area contributed by atoms with Crippen molar-refractivity contribution in [2.24, 2.45) is 5.92 Å². The molecule has 1 aliphatic carbocycles. The number of hydrogen-bond donors (Lipinski definition) is 1. The van der Waals surface area contributed by atoms with E-state index < -0.39 is 0 Å². The lowest BCUT2D eigenvalue weighted by Gasteiger charge is -2.25. The Morgan fingerprint density at radius 3 is 2.53 bits per heavy atom. The molecule has 104 valence electrons.